The topological polar surface area (TPSA) is 40.0 Å². The Hall–Kier alpha value is -2.49. The maximum Gasteiger partial charge on any atom is 0.161 e. The van der Waals surface area contributed by atoms with Crippen molar-refractivity contribution >= 4 is 6.21 Å². The van der Waals surface area contributed by atoms with Gasteiger partial charge >= 0.3 is 0 Å². The maximum atomic E-state index is 5.86. The molecule has 0 radical (unpaired) electrons. The minimum Gasteiger partial charge on any atom is -0.494 e. The van der Waals surface area contributed by atoms with E-state index in [-0.39, 0.29) is 6.10 Å². The zero-order valence-corrected chi connectivity index (χ0v) is 12.6. The van der Waals surface area contributed by atoms with Crippen molar-refractivity contribution in [3.8, 4) is 17.2 Å². The quantitative estimate of drug-likeness (QED) is 0.795. The third-order valence-electron chi connectivity index (χ3n) is 3.31. The van der Waals surface area contributed by atoms with Gasteiger partial charge in [-0.2, -0.15) is 0 Å². The fourth-order valence-electron chi connectivity index (χ4n) is 2.25. The Morgan fingerprint density at radius 2 is 1.91 bits per heavy atom. The first-order chi connectivity index (χ1) is 10.8. The van der Waals surface area contributed by atoms with E-state index in [0.29, 0.717) is 19.8 Å². The molecule has 2 aromatic rings. The van der Waals surface area contributed by atoms with Crippen LogP contribution in [0.15, 0.2) is 53.5 Å². The summed E-state index contributed by atoms with van der Waals surface area (Å²) >= 11 is 0. The number of rotatable bonds is 5. The van der Waals surface area contributed by atoms with Gasteiger partial charge in [0.2, 0.25) is 0 Å². The summed E-state index contributed by atoms with van der Waals surface area (Å²) in [5.74, 6) is 2.46. The van der Waals surface area contributed by atoms with Crippen LogP contribution in [0.5, 0.6) is 17.2 Å². The number of ether oxygens (including phenoxy) is 3. The highest BCUT2D eigenvalue weighted by atomic mass is 16.6. The lowest BCUT2D eigenvalue weighted by Gasteiger charge is -2.25. The Labute approximate surface area is 130 Å². The van der Waals surface area contributed by atoms with Gasteiger partial charge in [0.1, 0.15) is 12.4 Å². The summed E-state index contributed by atoms with van der Waals surface area (Å²) in [5.41, 5.74) is 1.04. The number of aliphatic imine (C=N–C) groups is 1. The zero-order chi connectivity index (χ0) is 15.2. The SMILES string of the molecule is CCOc1ccc(C=NC[C@H]2COc3ccccc3O2)cc1. The molecule has 1 aliphatic rings. The van der Waals surface area contributed by atoms with Crippen LogP contribution in [0, 0.1) is 0 Å². The molecule has 22 heavy (non-hydrogen) atoms. The Balaban J connectivity index is 1.54. The molecule has 0 amide bonds. The van der Waals surface area contributed by atoms with Gasteiger partial charge in [-0.1, -0.05) is 12.1 Å². The van der Waals surface area contributed by atoms with Gasteiger partial charge in [0.15, 0.2) is 17.6 Å². The third-order valence-corrected chi connectivity index (χ3v) is 3.31. The molecule has 0 aliphatic carbocycles. The molecule has 4 nitrogen and oxygen atoms in total. The number of hydrogen-bond donors (Lipinski definition) is 0. The van der Waals surface area contributed by atoms with E-state index < -0.39 is 0 Å². The average molecular weight is 297 g/mol. The van der Waals surface area contributed by atoms with Crippen molar-refractivity contribution in [3.05, 3.63) is 54.1 Å². The highest BCUT2D eigenvalue weighted by Gasteiger charge is 2.19. The molecule has 0 aromatic heterocycles. The summed E-state index contributed by atoms with van der Waals surface area (Å²) in [6.07, 6.45) is 1.80. The summed E-state index contributed by atoms with van der Waals surface area (Å²) in [5, 5.41) is 0. The zero-order valence-electron chi connectivity index (χ0n) is 12.6. The largest absolute Gasteiger partial charge is 0.494 e. The van der Waals surface area contributed by atoms with Crippen LogP contribution >= 0.6 is 0 Å². The Morgan fingerprint density at radius 1 is 1.14 bits per heavy atom. The van der Waals surface area contributed by atoms with Crippen LogP contribution in [-0.4, -0.2) is 32.1 Å². The molecule has 1 heterocycles. The smallest absolute Gasteiger partial charge is 0.161 e. The Kier molecular flexibility index (Phi) is 4.59. The number of para-hydroxylation sites is 2. The normalized spacial score (nSPS) is 16.7. The molecule has 0 saturated heterocycles. The van der Waals surface area contributed by atoms with Crippen molar-refractivity contribution in [1.29, 1.82) is 0 Å². The van der Waals surface area contributed by atoms with Crippen LogP contribution in [0.4, 0.5) is 0 Å². The molecular formula is C18H19NO3. The van der Waals surface area contributed by atoms with E-state index in [0.717, 1.165) is 22.8 Å². The molecule has 0 N–H and O–H groups in total. The second-order valence-corrected chi connectivity index (χ2v) is 4.99. The van der Waals surface area contributed by atoms with E-state index in [1.54, 1.807) is 0 Å². The first-order valence-corrected chi connectivity index (χ1v) is 7.46. The molecule has 0 saturated carbocycles. The summed E-state index contributed by atoms with van der Waals surface area (Å²) < 4.78 is 16.9. The summed E-state index contributed by atoms with van der Waals surface area (Å²) in [6, 6.07) is 15.6. The minimum atomic E-state index is -0.0474. The van der Waals surface area contributed by atoms with Crippen molar-refractivity contribution in [2.24, 2.45) is 4.99 Å². The van der Waals surface area contributed by atoms with Crippen LogP contribution in [0.2, 0.25) is 0 Å². The van der Waals surface area contributed by atoms with Gasteiger partial charge in [-0.25, -0.2) is 0 Å². The van der Waals surface area contributed by atoms with Gasteiger partial charge < -0.3 is 14.2 Å². The third kappa shape index (κ3) is 3.58. The van der Waals surface area contributed by atoms with Gasteiger partial charge in [0, 0.05) is 6.21 Å². The molecule has 2 aromatic carbocycles. The monoisotopic (exact) mass is 297 g/mol. The Bertz CT molecular complexity index is 637. The summed E-state index contributed by atoms with van der Waals surface area (Å²) in [6.45, 7) is 3.74. The predicted molar refractivity (Wildman–Crippen MR) is 86.4 cm³/mol. The number of benzene rings is 2. The van der Waals surface area contributed by atoms with Gasteiger partial charge in [0.25, 0.3) is 0 Å². The lowest BCUT2D eigenvalue weighted by molar-refractivity contribution is 0.0973. The van der Waals surface area contributed by atoms with Crippen molar-refractivity contribution < 1.29 is 14.2 Å². The molecule has 0 spiro atoms. The van der Waals surface area contributed by atoms with Crippen molar-refractivity contribution in [1.82, 2.24) is 0 Å². The van der Waals surface area contributed by atoms with Crippen molar-refractivity contribution in [2.45, 2.75) is 13.0 Å². The van der Waals surface area contributed by atoms with Crippen molar-refractivity contribution in [2.75, 3.05) is 19.8 Å². The summed E-state index contributed by atoms with van der Waals surface area (Å²) in [4.78, 5) is 4.44. The van der Waals surface area contributed by atoms with E-state index in [1.165, 1.54) is 0 Å². The molecule has 1 aliphatic heterocycles. The van der Waals surface area contributed by atoms with Gasteiger partial charge in [-0.15, -0.1) is 0 Å². The highest BCUT2D eigenvalue weighted by Crippen LogP contribution is 2.30. The molecule has 3 rings (SSSR count). The molecule has 0 bridgehead atoms. The van der Waals surface area contributed by atoms with Crippen LogP contribution in [0.3, 0.4) is 0 Å². The van der Waals surface area contributed by atoms with Crippen LogP contribution in [0.1, 0.15) is 12.5 Å². The minimum absolute atomic E-state index is 0.0474. The number of nitrogens with zero attached hydrogens (tertiary/aromatic N) is 1. The van der Waals surface area contributed by atoms with Crippen LogP contribution in [0.25, 0.3) is 0 Å². The maximum absolute atomic E-state index is 5.86. The second-order valence-electron chi connectivity index (χ2n) is 4.99. The van der Waals surface area contributed by atoms with E-state index in [4.69, 9.17) is 14.2 Å². The first-order valence-electron chi connectivity index (χ1n) is 7.46. The van der Waals surface area contributed by atoms with Gasteiger partial charge in [-0.05, 0) is 48.9 Å². The molecule has 114 valence electrons. The molecule has 4 heteroatoms. The van der Waals surface area contributed by atoms with E-state index >= 15 is 0 Å². The lowest BCUT2D eigenvalue weighted by Crippen LogP contribution is -2.31. The molecule has 0 fully saturated rings. The Morgan fingerprint density at radius 3 is 2.68 bits per heavy atom. The fourth-order valence-corrected chi connectivity index (χ4v) is 2.25. The van der Waals surface area contributed by atoms with E-state index in [9.17, 15) is 0 Å². The predicted octanol–water partition coefficient (Wildman–Crippen LogP) is 3.34. The lowest BCUT2D eigenvalue weighted by atomic mass is 10.2. The highest BCUT2D eigenvalue weighted by molar-refractivity contribution is 5.79. The van der Waals surface area contributed by atoms with Crippen LogP contribution < -0.4 is 14.2 Å². The molecule has 0 unspecified atom stereocenters. The number of hydrogen-bond acceptors (Lipinski definition) is 4. The molecule has 1 atom stereocenters. The van der Waals surface area contributed by atoms with Gasteiger partial charge in [-0.3, -0.25) is 4.99 Å². The number of fused-ring (bicyclic) bond motifs is 1. The van der Waals surface area contributed by atoms with E-state index in [1.807, 2.05) is 61.7 Å². The van der Waals surface area contributed by atoms with Crippen molar-refractivity contribution in [3.63, 3.8) is 0 Å². The standard InChI is InChI=1S/C18H19NO3/c1-2-20-15-9-7-14(8-10-15)11-19-12-16-13-21-17-5-3-4-6-18(17)22-16/h3-11,16H,2,12-13H2,1H3/t16-/m0/s1. The van der Waals surface area contributed by atoms with Crippen LogP contribution in [-0.2, 0) is 0 Å². The van der Waals surface area contributed by atoms with E-state index in [2.05, 4.69) is 4.99 Å². The first kappa shape index (κ1) is 14.4. The second kappa shape index (κ2) is 6.98. The summed E-state index contributed by atoms with van der Waals surface area (Å²) in [7, 11) is 0. The molecular weight excluding hydrogens is 278 g/mol. The fraction of sp³-hybridized carbons (Fsp3) is 0.278. The van der Waals surface area contributed by atoms with Gasteiger partial charge in [0.05, 0.1) is 13.2 Å². The average Bonchev–Trinajstić information content (AvgIpc) is 2.57.